The maximum Gasteiger partial charge on any atom is 0.126 e. The van der Waals surface area contributed by atoms with Gasteiger partial charge in [0.05, 0.1) is 0 Å². The Morgan fingerprint density at radius 3 is 2.30 bits per heavy atom. The van der Waals surface area contributed by atoms with Crippen LogP contribution in [0.15, 0.2) is 42.5 Å². The molecule has 0 aliphatic carbocycles. The second-order valence-electron chi connectivity index (χ2n) is 5.71. The van der Waals surface area contributed by atoms with Crippen LogP contribution in [0, 0.1) is 18.6 Å². The number of aryl methyl sites for hydroxylation is 1. The van der Waals surface area contributed by atoms with Gasteiger partial charge >= 0.3 is 0 Å². The van der Waals surface area contributed by atoms with Crippen LogP contribution in [-0.2, 0) is 11.8 Å². The zero-order valence-corrected chi connectivity index (χ0v) is 11.4. The van der Waals surface area contributed by atoms with Gasteiger partial charge in [0.25, 0.3) is 0 Å². The lowest BCUT2D eigenvalue weighted by molar-refractivity contribution is 0.274. The van der Waals surface area contributed by atoms with Gasteiger partial charge in [0.2, 0.25) is 0 Å². The Morgan fingerprint density at radius 1 is 1.05 bits per heavy atom. The molecule has 2 aromatic rings. The first-order chi connectivity index (χ1) is 9.57. The molecule has 1 N–H and O–H groups in total. The van der Waals surface area contributed by atoms with E-state index in [-0.39, 0.29) is 5.41 Å². The van der Waals surface area contributed by atoms with Crippen molar-refractivity contribution in [1.82, 2.24) is 5.32 Å². The van der Waals surface area contributed by atoms with Crippen molar-refractivity contribution in [3.63, 3.8) is 0 Å². The molecule has 0 unspecified atom stereocenters. The summed E-state index contributed by atoms with van der Waals surface area (Å²) >= 11 is 0. The van der Waals surface area contributed by atoms with Gasteiger partial charge < -0.3 is 5.32 Å². The van der Waals surface area contributed by atoms with Crippen molar-refractivity contribution in [2.24, 2.45) is 0 Å². The average Bonchev–Trinajstić information content (AvgIpc) is 2.32. The SMILES string of the molecule is Cc1cccc(C2(Cc3cc(F)cc(F)c3)CNC2)c1. The third-order valence-corrected chi connectivity index (χ3v) is 4.02. The molecule has 0 radical (unpaired) electrons. The molecule has 2 aromatic carbocycles. The number of benzene rings is 2. The van der Waals surface area contributed by atoms with Crippen LogP contribution in [0.4, 0.5) is 8.78 Å². The van der Waals surface area contributed by atoms with E-state index in [0.29, 0.717) is 12.0 Å². The molecule has 3 heteroatoms. The van der Waals surface area contributed by atoms with Crippen LogP contribution in [0.1, 0.15) is 16.7 Å². The summed E-state index contributed by atoms with van der Waals surface area (Å²) in [4.78, 5) is 0. The van der Waals surface area contributed by atoms with Gasteiger partial charge in [0.15, 0.2) is 0 Å². The monoisotopic (exact) mass is 273 g/mol. The van der Waals surface area contributed by atoms with Gasteiger partial charge in [-0.25, -0.2) is 8.78 Å². The van der Waals surface area contributed by atoms with Crippen molar-refractivity contribution in [3.8, 4) is 0 Å². The molecular weight excluding hydrogens is 256 g/mol. The van der Waals surface area contributed by atoms with E-state index in [9.17, 15) is 8.78 Å². The third-order valence-electron chi connectivity index (χ3n) is 4.02. The van der Waals surface area contributed by atoms with Crippen LogP contribution in [0.2, 0.25) is 0 Å². The van der Waals surface area contributed by atoms with Gasteiger partial charge in [0, 0.05) is 24.6 Å². The molecule has 1 fully saturated rings. The summed E-state index contributed by atoms with van der Waals surface area (Å²) in [6.07, 6.45) is 0.651. The fourth-order valence-electron chi connectivity index (χ4n) is 2.94. The first kappa shape index (κ1) is 13.3. The van der Waals surface area contributed by atoms with Gasteiger partial charge in [-0.1, -0.05) is 29.8 Å². The minimum Gasteiger partial charge on any atom is -0.315 e. The molecule has 0 aromatic heterocycles. The second-order valence-corrected chi connectivity index (χ2v) is 5.71. The molecule has 3 rings (SSSR count). The second kappa shape index (κ2) is 4.98. The summed E-state index contributed by atoms with van der Waals surface area (Å²) in [5.74, 6) is -1.02. The predicted molar refractivity (Wildman–Crippen MR) is 75.8 cm³/mol. The zero-order valence-electron chi connectivity index (χ0n) is 11.4. The van der Waals surface area contributed by atoms with Crippen molar-refractivity contribution in [3.05, 3.63) is 70.8 Å². The molecule has 20 heavy (non-hydrogen) atoms. The lowest BCUT2D eigenvalue weighted by Gasteiger charge is -2.43. The molecular formula is C17H17F2N. The number of rotatable bonds is 3. The molecule has 0 saturated carbocycles. The number of halogens is 2. The minimum absolute atomic E-state index is 0.0494. The van der Waals surface area contributed by atoms with Crippen molar-refractivity contribution in [2.75, 3.05) is 13.1 Å². The van der Waals surface area contributed by atoms with E-state index >= 15 is 0 Å². The molecule has 1 saturated heterocycles. The van der Waals surface area contributed by atoms with E-state index in [2.05, 4.69) is 30.4 Å². The van der Waals surface area contributed by atoms with Gasteiger partial charge in [0.1, 0.15) is 11.6 Å². The molecule has 1 nitrogen and oxygen atoms in total. The highest BCUT2D eigenvalue weighted by Gasteiger charge is 2.38. The van der Waals surface area contributed by atoms with Crippen molar-refractivity contribution in [1.29, 1.82) is 0 Å². The molecule has 0 bridgehead atoms. The number of nitrogens with one attached hydrogen (secondary N) is 1. The Labute approximate surface area is 117 Å². The molecule has 0 atom stereocenters. The predicted octanol–water partition coefficient (Wildman–Crippen LogP) is 3.36. The maximum atomic E-state index is 13.3. The standard InChI is InChI=1S/C17H17F2N/c1-12-3-2-4-14(5-12)17(10-20-11-17)9-13-6-15(18)8-16(19)7-13/h2-8,20H,9-11H2,1H3. The average molecular weight is 273 g/mol. The fraction of sp³-hybridized carbons (Fsp3) is 0.294. The summed E-state index contributed by atoms with van der Waals surface area (Å²) in [5, 5.41) is 3.28. The van der Waals surface area contributed by atoms with Gasteiger partial charge in [-0.2, -0.15) is 0 Å². The first-order valence-electron chi connectivity index (χ1n) is 6.80. The smallest absolute Gasteiger partial charge is 0.126 e. The Morgan fingerprint density at radius 2 is 1.75 bits per heavy atom. The van der Waals surface area contributed by atoms with Crippen LogP contribution in [0.5, 0.6) is 0 Å². The van der Waals surface area contributed by atoms with E-state index in [1.165, 1.54) is 23.3 Å². The van der Waals surface area contributed by atoms with Gasteiger partial charge in [-0.15, -0.1) is 0 Å². The summed E-state index contributed by atoms with van der Waals surface area (Å²) in [6, 6.07) is 12.1. The minimum atomic E-state index is -0.508. The highest BCUT2D eigenvalue weighted by atomic mass is 19.1. The Balaban J connectivity index is 1.93. The van der Waals surface area contributed by atoms with E-state index < -0.39 is 11.6 Å². The topological polar surface area (TPSA) is 12.0 Å². The number of hydrogen-bond acceptors (Lipinski definition) is 1. The highest BCUT2D eigenvalue weighted by molar-refractivity contribution is 5.36. The van der Waals surface area contributed by atoms with Crippen molar-refractivity contribution < 1.29 is 8.78 Å². The van der Waals surface area contributed by atoms with E-state index in [0.717, 1.165) is 19.2 Å². The normalized spacial score (nSPS) is 16.8. The van der Waals surface area contributed by atoms with Crippen LogP contribution in [0.25, 0.3) is 0 Å². The third kappa shape index (κ3) is 2.46. The zero-order chi connectivity index (χ0) is 14.2. The van der Waals surface area contributed by atoms with E-state index in [1.807, 2.05) is 6.07 Å². The lowest BCUT2D eigenvalue weighted by Crippen LogP contribution is -2.58. The fourth-order valence-corrected chi connectivity index (χ4v) is 2.94. The maximum absolute atomic E-state index is 13.3. The first-order valence-corrected chi connectivity index (χ1v) is 6.80. The van der Waals surface area contributed by atoms with Gasteiger partial charge in [-0.05, 0) is 36.6 Å². The number of hydrogen-bond donors (Lipinski definition) is 1. The summed E-state index contributed by atoms with van der Waals surface area (Å²) in [6.45, 7) is 3.74. The van der Waals surface area contributed by atoms with Crippen molar-refractivity contribution in [2.45, 2.75) is 18.8 Å². The molecule has 0 spiro atoms. The van der Waals surface area contributed by atoms with Crippen LogP contribution in [-0.4, -0.2) is 13.1 Å². The highest BCUT2D eigenvalue weighted by Crippen LogP contribution is 2.33. The lowest BCUT2D eigenvalue weighted by atomic mass is 9.70. The molecule has 1 aliphatic heterocycles. The summed E-state index contributed by atoms with van der Waals surface area (Å²) in [7, 11) is 0. The van der Waals surface area contributed by atoms with Crippen LogP contribution in [0.3, 0.4) is 0 Å². The molecule has 0 amide bonds. The van der Waals surface area contributed by atoms with E-state index in [4.69, 9.17) is 0 Å². The summed E-state index contributed by atoms with van der Waals surface area (Å²) in [5.41, 5.74) is 3.11. The largest absolute Gasteiger partial charge is 0.315 e. The van der Waals surface area contributed by atoms with Crippen LogP contribution < -0.4 is 5.32 Å². The molecule has 1 aliphatic rings. The van der Waals surface area contributed by atoms with Gasteiger partial charge in [-0.3, -0.25) is 0 Å². The Bertz CT molecular complexity index is 612. The van der Waals surface area contributed by atoms with Crippen LogP contribution >= 0.6 is 0 Å². The quantitative estimate of drug-likeness (QED) is 0.904. The molecule has 104 valence electrons. The molecule has 1 heterocycles. The summed E-state index contributed by atoms with van der Waals surface area (Å²) < 4.78 is 26.7. The Kier molecular flexibility index (Phi) is 3.30. The Hall–Kier alpha value is -1.74. The van der Waals surface area contributed by atoms with Crippen molar-refractivity contribution >= 4 is 0 Å². The van der Waals surface area contributed by atoms with E-state index in [1.54, 1.807) is 0 Å².